The third-order valence-corrected chi connectivity index (χ3v) is 6.29. The first-order valence-electron chi connectivity index (χ1n) is 10.6. The molecule has 0 saturated heterocycles. The molecule has 1 aromatic heterocycles. The monoisotopic (exact) mass is 523 g/mol. The molecule has 34 heavy (non-hydrogen) atoms. The first-order valence-corrected chi connectivity index (χ1v) is 11.4. The number of phenols is 1. The smallest absolute Gasteiger partial charge is 0.291 e. The summed E-state index contributed by atoms with van der Waals surface area (Å²) in [6.07, 6.45) is 0. The molecular formula is C26H19BrFNO5. The molecule has 0 fully saturated rings. The van der Waals surface area contributed by atoms with E-state index in [0.29, 0.717) is 33.2 Å². The molecule has 1 aliphatic heterocycles. The minimum Gasteiger partial charge on any atom is -0.504 e. The number of amides is 1. The predicted octanol–water partition coefficient (Wildman–Crippen LogP) is 5.54. The van der Waals surface area contributed by atoms with Crippen LogP contribution in [0.4, 0.5) is 4.39 Å². The molecule has 172 valence electrons. The number of nitrogens with zero attached hydrogens (tertiary/aromatic N) is 1. The van der Waals surface area contributed by atoms with Crippen LogP contribution in [0.5, 0.6) is 11.5 Å². The highest BCUT2D eigenvalue weighted by atomic mass is 79.9. The Labute approximate surface area is 202 Å². The van der Waals surface area contributed by atoms with Gasteiger partial charge in [-0.2, -0.15) is 0 Å². The van der Waals surface area contributed by atoms with Crippen molar-refractivity contribution in [3.05, 3.63) is 104 Å². The van der Waals surface area contributed by atoms with Crippen LogP contribution in [0.2, 0.25) is 0 Å². The zero-order valence-corrected chi connectivity index (χ0v) is 19.6. The molecule has 0 bridgehead atoms. The fourth-order valence-corrected chi connectivity index (χ4v) is 4.62. The van der Waals surface area contributed by atoms with Gasteiger partial charge in [-0.05, 0) is 60.5 Å². The van der Waals surface area contributed by atoms with E-state index in [2.05, 4.69) is 15.9 Å². The first-order chi connectivity index (χ1) is 16.4. The van der Waals surface area contributed by atoms with Crippen LogP contribution in [-0.2, 0) is 6.54 Å². The molecule has 0 saturated carbocycles. The first kappa shape index (κ1) is 22.2. The Morgan fingerprint density at radius 1 is 1.09 bits per heavy atom. The van der Waals surface area contributed by atoms with Gasteiger partial charge in [0.2, 0.25) is 5.76 Å². The molecule has 1 aliphatic rings. The highest BCUT2D eigenvalue weighted by molar-refractivity contribution is 9.10. The van der Waals surface area contributed by atoms with E-state index in [0.717, 1.165) is 0 Å². The van der Waals surface area contributed by atoms with Crippen molar-refractivity contribution in [1.82, 2.24) is 4.90 Å². The number of fused-ring (bicyclic) bond motifs is 2. The Morgan fingerprint density at radius 3 is 2.59 bits per heavy atom. The molecule has 2 heterocycles. The number of halogens is 2. The standard InChI is InChI=1S/C26H19BrFNO5/c1-2-33-21-11-15(5-9-19(21)30)23-22-24(31)18-12-16(27)6-10-20(18)34-25(22)26(32)29(23)13-14-3-7-17(28)8-4-14/h3-12,23,30H,2,13H2,1H3. The normalized spacial score (nSPS) is 15.1. The van der Waals surface area contributed by atoms with Gasteiger partial charge in [0, 0.05) is 11.0 Å². The summed E-state index contributed by atoms with van der Waals surface area (Å²) in [4.78, 5) is 28.7. The van der Waals surface area contributed by atoms with Crippen molar-refractivity contribution < 1.29 is 23.4 Å². The van der Waals surface area contributed by atoms with E-state index in [4.69, 9.17) is 9.15 Å². The number of aromatic hydroxyl groups is 1. The maximum atomic E-state index is 13.6. The Kier molecular flexibility index (Phi) is 5.61. The summed E-state index contributed by atoms with van der Waals surface area (Å²) in [6, 6.07) is 14.8. The lowest BCUT2D eigenvalue weighted by atomic mass is 9.97. The summed E-state index contributed by atoms with van der Waals surface area (Å²) in [7, 11) is 0. The average Bonchev–Trinajstić information content (AvgIpc) is 3.09. The second-order valence-corrected chi connectivity index (χ2v) is 8.85. The van der Waals surface area contributed by atoms with Gasteiger partial charge in [0.25, 0.3) is 5.91 Å². The van der Waals surface area contributed by atoms with Crippen molar-refractivity contribution in [3.8, 4) is 11.5 Å². The molecule has 4 aromatic rings. The number of rotatable bonds is 5. The lowest BCUT2D eigenvalue weighted by molar-refractivity contribution is 0.0714. The fraction of sp³-hybridized carbons (Fsp3) is 0.154. The zero-order chi connectivity index (χ0) is 24.0. The van der Waals surface area contributed by atoms with E-state index in [1.807, 2.05) is 0 Å². The number of benzene rings is 3. The van der Waals surface area contributed by atoms with Crippen LogP contribution in [0.15, 0.2) is 74.3 Å². The van der Waals surface area contributed by atoms with Crippen molar-refractivity contribution in [3.63, 3.8) is 0 Å². The number of hydrogen-bond donors (Lipinski definition) is 1. The van der Waals surface area contributed by atoms with Crippen LogP contribution in [0.25, 0.3) is 11.0 Å². The topological polar surface area (TPSA) is 80.0 Å². The third-order valence-electron chi connectivity index (χ3n) is 5.79. The maximum Gasteiger partial charge on any atom is 0.291 e. The Morgan fingerprint density at radius 2 is 1.85 bits per heavy atom. The third kappa shape index (κ3) is 3.74. The molecular weight excluding hydrogens is 505 g/mol. The maximum absolute atomic E-state index is 13.6. The quantitative estimate of drug-likeness (QED) is 0.371. The molecule has 1 atom stereocenters. The summed E-state index contributed by atoms with van der Waals surface area (Å²) in [5.74, 6) is -0.662. The number of carbonyl (C=O) groups excluding carboxylic acids is 1. The van der Waals surface area contributed by atoms with E-state index in [-0.39, 0.29) is 40.6 Å². The molecule has 0 aliphatic carbocycles. The predicted molar refractivity (Wildman–Crippen MR) is 128 cm³/mol. The van der Waals surface area contributed by atoms with Gasteiger partial charge in [-0.15, -0.1) is 0 Å². The van der Waals surface area contributed by atoms with E-state index < -0.39 is 11.9 Å². The van der Waals surface area contributed by atoms with Crippen molar-refractivity contribution in [1.29, 1.82) is 0 Å². The van der Waals surface area contributed by atoms with Crippen LogP contribution < -0.4 is 10.2 Å². The van der Waals surface area contributed by atoms with Crippen molar-refractivity contribution >= 4 is 32.8 Å². The summed E-state index contributed by atoms with van der Waals surface area (Å²) in [6.45, 7) is 2.25. The molecule has 6 nitrogen and oxygen atoms in total. The lowest BCUT2D eigenvalue weighted by Gasteiger charge is -2.25. The summed E-state index contributed by atoms with van der Waals surface area (Å²) in [5.41, 5.74) is 1.48. The number of phenolic OH excluding ortho intramolecular Hbond substituents is 1. The minimum atomic E-state index is -0.785. The van der Waals surface area contributed by atoms with Gasteiger partial charge in [0.15, 0.2) is 16.9 Å². The molecule has 0 spiro atoms. The molecule has 5 rings (SSSR count). The van der Waals surface area contributed by atoms with Gasteiger partial charge in [-0.25, -0.2) is 4.39 Å². The van der Waals surface area contributed by atoms with Gasteiger partial charge in [-0.1, -0.05) is 34.1 Å². The van der Waals surface area contributed by atoms with E-state index in [1.54, 1.807) is 49.4 Å². The minimum absolute atomic E-state index is 0.0297. The van der Waals surface area contributed by atoms with Gasteiger partial charge in [0.05, 0.1) is 23.6 Å². The fourth-order valence-electron chi connectivity index (χ4n) is 4.26. The second-order valence-electron chi connectivity index (χ2n) is 7.94. The highest BCUT2D eigenvalue weighted by Gasteiger charge is 2.43. The van der Waals surface area contributed by atoms with E-state index in [1.165, 1.54) is 23.1 Å². The Bertz CT molecular complexity index is 1480. The van der Waals surface area contributed by atoms with Crippen molar-refractivity contribution in [2.24, 2.45) is 0 Å². The molecule has 1 unspecified atom stereocenters. The summed E-state index contributed by atoms with van der Waals surface area (Å²) in [5, 5.41) is 10.5. The Balaban J connectivity index is 1.72. The van der Waals surface area contributed by atoms with Gasteiger partial charge >= 0.3 is 0 Å². The number of carbonyl (C=O) groups is 1. The largest absolute Gasteiger partial charge is 0.504 e. The van der Waals surface area contributed by atoms with Crippen LogP contribution >= 0.6 is 15.9 Å². The SMILES string of the molecule is CCOc1cc(C2c3c(oc4ccc(Br)cc4c3=O)C(=O)N2Cc2ccc(F)cc2)ccc1O. The second kappa shape index (κ2) is 8.61. The Hall–Kier alpha value is -3.65. The van der Waals surface area contributed by atoms with Crippen LogP contribution in [0.1, 0.15) is 40.2 Å². The molecule has 3 aromatic carbocycles. The molecule has 1 amide bonds. The van der Waals surface area contributed by atoms with Crippen LogP contribution in [-0.4, -0.2) is 22.5 Å². The van der Waals surface area contributed by atoms with Crippen LogP contribution in [0.3, 0.4) is 0 Å². The van der Waals surface area contributed by atoms with Gasteiger partial charge < -0.3 is 19.2 Å². The number of hydrogen-bond acceptors (Lipinski definition) is 5. The van der Waals surface area contributed by atoms with Crippen LogP contribution in [0, 0.1) is 5.82 Å². The number of ether oxygens (including phenoxy) is 1. The average molecular weight is 524 g/mol. The molecule has 1 N–H and O–H groups in total. The highest BCUT2D eigenvalue weighted by Crippen LogP contribution is 2.41. The lowest BCUT2D eigenvalue weighted by Crippen LogP contribution is -2.29. The van der Waals surface area contributed by atoms with E-state index in [9.17, 15) is 19.1 Å². The van der Waals surface area contributed by atoms with Crippen molar-refractivity contribution in [2.75, 3.05) is 6.61 Å². The van der Waals surface area contributed by atoms with E-state index >= 15 is 0 Å². The summed E-state index contributed by atoms with van der Waals surface area (Å²) >= 11 is 3.38. The van der Waals surface area contributed by atoms with Gasteiger partial charge in [0.1, 0.15) is 11.4 Å². The van der Waals surface area contributed by atoms with Crippen molar-refractivity contribution in [2.45, 2.75) is 19.5 Å². The zero-order valence-electron chi connectivity index (χ0n) is 18.0. The summed E-state index contributed by atoms with van der Waals surface area (Å²) < 4.78 is 25.6. The van der Waals surface area contributed by atoms with Gasteiger partial charge in [-0.3, -0.25) is 9.59 Å². The molecule has 8 heteroatoms. The molecule has 0 radical (unpaired) electrons.